The van der Waals surface area contributed by atoms with Gasteiger partial charge in [-0.25, -0.2) is 19.0 Å². The van der Waals surface area contributed by atoms with Crippen molar-refractivity contribution in [3.63, 3.8) is 0 Å². The Morgan fingerprint density at radius 3 is 2.39 bits per heavy atom. The lowest BCUT2D eigenvalue weighted by Crippen LogP contribution is -2.26. The molecule has 0 amide bonds. The molecule has 13 heteroatoms. The Kier molecular flexibility index (Phi) is 11.5. The smallest absolute Gasteiger partial charge is 0.328 e. The maximum Gasteiger partial charge on any atom is 0.328 e. The van der Waals surface area contributed by atoms with Crippen molar-refractivity contribution in [2.24, 2.45) is 5.73 Å². The molecule has 2 aromatic rings. The molecule has 2 rings (SSSR count). The number of nitrogens with zero attached hydrogens (tertiary/aromatic N) is 2. The highest BCUT2D eigenvalue weighted by atomic mass is 35.5. The molecule has 2 atom stereocenters. The van der Waals surface area contributed by atoms with Crippen molar-refractivity contribution in [2.45, 2.75) is 22.6 Å². The van der Waals surface area contributed by atoms with Gasteiger partial charge in [0.05, 0.1) is 27.6 Å². The van der Waals surface area contributed by atoms with E-state index in [0.717, 1.165) is 10.9 Å². The zero-order valence-corrected chi connectivity index (χ0v) is 18.7. The van der Waals surface area contributed by atoms with Gasteiger partial charge in [0.25, 0.3) is 0 Å². The lowest BCUT2D eigenvalue weighted by atomic mass is 10.1. The summed E-state index contributed by atoms with van der Waals surface area (Å²) in [5.74, 6) is -3.16. The molecule has 0 fully saturated rings. The summed E-state index contributed by atoms with van der Waals surface area (Å²) < 4.78 is 13.5. The summed E-state index contributed by atoms with van der Waals surface area (Å²) in [6, 6.07) is 4.01. The van der Waals surface area contributed by atoms with Gasteiger partial charge in [0.2, 0.25) is 0 Å². The maximum absolute atomic E-state index is 13.5. The Morgan fingerprint density at radius 1 is 1.32 bits per heavy atom. The van der Waals surface area contributed by atoms with Crippen LogP contribution >= 0.6 is 46.3 Å². The fourth-order valence-corrected chi connectivity index (χ4v) is 4.95. The number of rotatable bonds is 8. The van der Waals surface area contributed by atoms with E-state index in [4.69, 9.17) is 39.1 Å². The molecule has 0 bridgehead atoms. The van der Waals surface area contributed by atoms with Crippen molar-refractivity contribution in [1.82, 2.24) is 4.98 Å². The van der Waals surface area contributed by atoms with E-state index in [1.807, 2.05) is 6.07 Å². The van der Waals surface area contributed by atoms with Gasteiger partial charge in [0, 0.05) is 28.3 Å². The Hall–Kier alpha value is -2.20. The number of carboxylic acid groups (broad SMARTS) is 2. The highest BCUT2D eigenvalue weighted by Crippen LogP contribution is 2.44. The first-order chi connectivity index (χ1) is 14.6. The van der Waals surface area contributed by atoms with Gasteiger partial charge < -0.3 is 21.1 Å². The highest BCUT2D eigenvalue weighted by Gasteiger charge is 2.23. The van der Waals surface area contributed by atoms with E-state index < -0.39 is 23.8 Å². The van der Waals surface area contributed by atoms with Crippen molar-refractivity contribution in [2.75, 3.05) is 6.61 Å². The molecule has 0 aliphatic carbocycles. The predicted molar refractivity (Wildman–Crippen MR) is 116 cm³/mol. The first-order valence-electron chi connectivity index (χ1n) is 8.24. The van der Waals surface area contributed by atoms with Crippen molar-refractivity contribution in [1.29, 1.82) is 5.26 Å². The summed E-state index contributed by atoms with van der Waals surface area (Å²) in [6.45, 7) is -0.178. The van der Waals surface area contributed by atoms with E-state index in [9.17, 15) is 24.3 Å². The molecule has 0 unspecified atom stereocenters. The SMILES string of the molecule is N#Cc1cc(F)c(Cl)cc1S[C@H](C[C@H](N)CO)c1scnc1Cl.O=C(O)/C=C/C(=O)O. The maximum atomic E-state index is 13.5. The molecule has 0 radical (unpaired) electrons. The molecular weight excluding hydrogens is 492 g/mol. The summed E-state index contributed by atoms with van der Waals surface area (Å²) in [7, 11) is 0. The van der Waals surface area contributed by atoms with Crippen LogP contribution in [-0.4, -0.2) is 44.9 Å². The van der Waals surface area contributed by atoms with E-state index in [-0.39, 0.29) is 22.4 Å². The van der Waals surface area contributed by atoms with Crippen molar-refractivity contribution < 1.29 is 29.3 Å². The number of aliphatic carboxylic acids is 2. The van der Waals surface area contributed by atoms with E-state index in [1.54, 1.807) is 5.51 Å². The van der Waals surface area contributed by atoms with E-state index in [2.05, 4.69) is 4.98 Å². The van der Waals surface area contributed by atoms with Crippen LogP contribution in [-0.2, 0) is 9.59 Å². The number of carbonyl (C=O) groups is 2. The van der Waals surface area contributed by atoms with Crippen molar-refractivity contribution in [3.8, 4) is 6.07 Å². The number of aliphatic hydroxyl groups excluding tert-OH is 1. The number of thiazole rings is 1. The molecule has 8 nitrogen and oxygen atoms in total. The van der Waals surface area contributed by atoms with Crippen LogP contribution in [0.25, 0.3) is 0 Å². The zero-order chi connectivity index (χ0) is 23.6. The standard InChI is InChI=1S/C14H12Cl2FN3OS2.C4H4O4/c15-9-3-11(7(4-18)1-10(9)17)23-12(2-8(19)5-21)13-14(16)20-6-22-13;5-3(6)1-2-4(7)8/h1,3,6,8,12,21H,2,5,19H2;1-2H,(H,5,6)(H,7,8)/b;2-1+/t8-,12+;/m0./s1. The Labute approximate surface area is 194 Å². The molecule has 5 N–H and O–H groups in total. The Balaban J connectivity index is 0.000000512. The molecule has 1 heterocycles. The molecule has 1 aromatic carbocycles. The molecule has 1 aromatic heterocycles. The third-order valence-corrected chi connectivity index (χ3v) is 6.47. The molecule has 0 aliphatic rings. The third kappa shape index (κ3) is 9.22. The van der Waals surface area contributed by atoms with Gasteiger partial charge in [0.1, 0.15) is 17.0 Å². The van der Waals surface area contributed by atoms with Crippen LogP contribution in [0.5, 0.6) is 0 Å². The Morgan fingerprint density at radius 2 is 1.94 bits per heavy atom. The van der Waals surface area contributed by atoms with Crippen LogP contribution in [0.15, 0.2) is 34.7 Å². The molecule has 166 valence electrons. The third-order valence-electron chi connectivity index (χ3n) is 3.37. The van der Waals surface area contributed by atoms with Crippen LogP contribution in [0, 0.1) is 17.1 Å². The number of hydrogen-bond donors (Lipinski definition) is 4. The fourth-order valence-electron chi connectivity index (χ4n) is 2.02. The van der Waals surface area contributed by atoms with Gasteiger partial charge in [-0.15, -0.1) is 23.1 Å². The minimum Gasteiger partial charge on any atom is -0.478 e. The molecule has 0 spiro atoms. The number of nitriles is 1. The monoisotopic (exact) mass is 507 g/mol. The summed E-state index contributed by atoms with van der Waals surface area (Å²) in [5.41, 5.74) is 7.63. The molecular formula is C18H16Cl2FN3O5S2. The lowest BCUT2D eigenvalue weighted by molar-refractivity contribution is -0.134. The Bertz CT molecular complexity index is 981. The molecule has 0 aliphatic heterocycles. The minimum absolute atomic E-state index is 0.0629. The summed E-state index contributed by atoms with van der Waals surface area (Å²) >= 11 is 14.6. The topological polar surface area (TPSA) is 158 Å². The molecule has 31 heavy (non-hydrogen) atoms. The normalized spacial score (nSPS) is 12.5. The summed E-state index contributed by atoms with van der Waals surface area (Å²) in [6.07, 6.45) is 1.54. The highest BCUT2D eigenvalue weighted by molar-refractivity contribution is 7.99. The fraction of sp³-hybridized carbons (Fsp3) is 0.222. The first kappa shape index (κ1) is 26.8. The quantitative estimate of drug-likeness (QED) is 0.308. The zero-order valence-electron chi connectivity index (χ0n) is 15.5. The van der Waals surface area contributed by atoms with Gasteiger partial charge in [-0.3, -0.25) is 0 Å². The van der Waals surface area contributed by atoms with Gasteiger partial charge in [-0.05, 0) is 18.6 Å². The minimum atomic E-state index is -1.26. The molecule has 0 saturated heterocycles. The number of benzene rings is 1. The number of hydrogen-bond acceptors (Lipinski definition) is 8. The van der Waals surface area contributed by atoms with Crippen molar-refractivity contribution >= 4 is 58.2 Å². The average molecular weight is 508 g/mol. The largest absolute Gasteiger partial charge is 0.478 e. The lowest BCUT2D eigenvalue weighted by Gasteiger charge is -2.19. The van der Waals surface area contributed by atoms with E-state index >= 15 is 0 Å². The van der Waals surface area contributed by atoms with Crippen LogP contribution in [0.3, 0.4) is 0 Å². The summed E-state index contributed by atoms with van der Waals surface area (Å²) in [5, 5.41) is 34.1. The van der Waals surface area contributed by atoms with Gasteiger partial charge in [-0.2, -0.15) is 5.26 Å². The van der Waals surface area contributed by atoms with Crippen LogP contribution < -0.4 is 5.73 Å². The van der Waals surface area contributed by atoms with Gasteiger partial charge in [-0.1, -0.05) is 23.2 Å². The predicted octanol–water partition coefficient (Wildman–Crippen LogP) is 3.72. The number of thioether (sulfide) groups is 1. The second kappa shape index (κ2) is 13.3. The average Bonchev–Trinajstić information content (AvgIpc) is 3.14. The number of nitrogens with two attached hydrogens (primary N) is 1. The first-order valence-corrected chi connectivity index (χ1v) is 10.8. The van der Waals surface area contributed by atoms with E-state index in [1.165, 1.54) is 29.2 Å². The number of halogens is 3. The second-order valence-electron chi connectivity index (χ2n) is 5.68. The van der Waals surface area contributed by atoms with Gasteiger partial charge in [0.15, 0.2) is 0 Å². The number of carboxylic acids is 2. The van der Waals surface area contributed by atoms with Crippen LogP contribution in [0.2, 0.25) is 10.2 Å². The van der Waals surface area contributed by atoms with E-state index in [0.29, 0.717) is 28.6 Å². The van der Waals surface area contributed by atoms with Gasteiger partial charge >= 0.3 is 11.9 Å². The van der Waals surface area contributed by atoms with Crippen LogP contribution in [0.1, 0.15) is 22.1 Å². The van der Waals surface area contributed by atoms with Crippen molar-refractivity contribution in [3.05, 3.63) is 56.2 Å². The summed E-state index contributed by atoms with van der Waals surface area (Å²) in [4.78, 5) is 24.4. The number of aromatic nitrogens is 1. The molecule has 0 saturated carbocycles. The second-order valence-corrected chi connectivity index (χ2v) is 8.57. The van der Waals surface area contributed by atoms with Crippen LogP contribution in [0.4, 0.5) is 4.39 Å². The number of aliphatic hydroxyl groups is 1.